The molecule has 5 nitrogen and oxygen atoms in total. The second-order valence-corrected chi connectivity index (χ2v) is 5.97. The number of amides is 1. The minimum absolute atomic E-state index is 0.0346. The quantitative estimate of drug-likeness (QED) is 0.860. The normalized spacial score (nSPS) is 15.6. The summed E-state index contributed by atoms with van der Waals surface area (Å²) in [7, 11) is 0. The largest absolute Gasteiger partial charge is 0.352 e. The van der Waals surface area contributed by atoms with Crippen molar-refractivity contribution in [1.82, 2.24) is 15.3 Å². The summed E-state index contributed by atoms with van der Waals surface area (Å²) in [6.07, 6.45) is 9.07. The molecule has 3 rings (SSSR count). The average Bonchev–Trinajstić information content (AvgIpc) is 2.67. The van der Waals surface area contributed by atoms with E-state index in [1.807, 2.05) is 42.5 Å². The maximum Gasteiger partial charge on any atom is 0.244 e. The Hall–Kier alpha value is -2.69. The van der Waals surface area contributed by atoms with Crippen LogP contribution in [-0.2, 0) is 4.79 Å². The SMILES string of the molecule is O=C(C=Cc1ccccc1)NCC1CCN(c2ncccn2)CC1. The summed E-state index contributed by atoms with van der Waals surface area (Å²) in [5.74, 6) is 1.28. The number of nitrogens with one attached hydrogen (secondary N) is 1. The summed E-state index contributed by atoms with van der Waals surface area (Å²) in [4.78, 5) is 22.7. The van der Waals surface area contributed by atoms with Crippen LogP contribution in [-0.4, -0.2) is 35.5 Å². The summed E-state index contributed by atoms with van der Waals surface area (Å²) in [5.41, 5.74) is 1.03. The maximum atomic E-state index is 11.9. The molecule has 1 aliphatic rings. The van der Waals surface area contributed by atoms with Crippen LogP contribution in [0.15, 0.2) is 54.9 Å². The summed E-state index contributed by atoms with van der Waals surface area (Å²) in [5, 5.41) is 3.00. The van der Waals surface area contributed by atoms with Gasteiger partial charge in [-0.2, -0.15) is 0 Å². The van der Waals surface area contributed by atoms with Gasteiger partial charge in [0.1, 0.15) is 0 Å². The van der Waals surface area contributed by atoms with E-state index < -0.39 is 0 Å². The van der Waals surface area contributed by atoms with Crippen molar-refractivity contribution in [1.29, 1.82) is 0 Å². The number of aromatic nitrogens is 2. The first kappa shape index (κ1) is 16.2. The van der Waals surface area contributed by atoms with E-state index in [0.717, 1.165) is 44.0 Å². The third kappa shape index (κ3) is 4.65. The molecule has 1 saturated heterocycles. The van der Waals surface area contributed by atoms with Gasteiger partial charge >= 0.3 is 0 Å². The van der Waals surface area contributed by atoms with E-state index in [0.29, 0.717) is 5.92 Å². The summed E-state index contributed by atoms with van der Waals surface area (Å²) in [6, 6.07) is 11.7. The van der Waals surface area contributed by atoms with Crippen LogP contribution in [0.2, 0.25) is 0 Å². The molecule has 1 fully saturated rings. The van der Waals surface area contributed by atoms with Crippen molar-refractivity contribution in [3.8, 4) is 0 Å². The van der Waals surface area contributed by atoms with E-state index in [-0.39, 0.29) is 5.91 Å². The zero-order valence-corrected chi connectivity index (χ0v) is 13.6. The molecule has 5 heteroatoms. The Labute approximate surface area is 142 Å². The minimum Gasteiger partial charge on any atom is -0.352 e. The van der Waals surface area contributed by atoms with Gasteiger partial charge in [0.15, 0.2) is 0 Å². The van der Waals surface area contributed by atoms with E-state index in [2.05, 4.69) is 20.2 Å². The highest BCUT2D eigenvalue weighted by molar-refractivity contribution is 5.91. The number of carbonyl (C=O) groups excluding carboxylic acids is 1. The predicted molar refractivity (Wildman–Crippen MR) is 95.5 cm³/mol. The highest BCUT2D eigenvalue weighted by Gasteiger charge is 2.20. The second kappa shape index (κ2) is 8.24. The van der Waals surface area contributed by atoms with Crippen LogP contribution < -0.4 is 10.2 Å². The first-order valence-electron chi connectivity index (χ1n) is 8.34. The van der Waals surface area contributed by atoms with Crippen molar-refractivity contribution in [3.05, 3.63) is 60.4 Å². The van der Waals surface area contributed by atoms with Gasteiger partial charge in [0.25, 0.3) is 0 Å². The molecule has 0 bridgehead atoms. The van der Waals surface area contributed by atoms with Gasteiger partial charge in [-0.15, -0.1) is 0 Å². The topological polar surface area (TPSA) is 58.1 Å². The van der Waals surface area contributed by atoms with Crippen LogP contribution in [0.25, 0.3) is 6.08 Å². The number of benzene rings is 1. The van der Waals surface area contributed by atoms with Crippen LogP contribution in [0.3, 0.4) is 0 Å². The van der Waals surface area contributed by atoms with Gasteiger partial charge in [0.2, 0.25) is 11.9 Å². The first-order chi connectivity index (χ1) is 11.8. The highest BCUT2D eigenvalue weighted by Crippen LogP contribution is 2.19. The summed E-state index contributed by atoms with van der Waals surface area (Å²) >= 11 is 0. The molecular weight excluding hydrogens is 300 g/mol. The van der Waals surface area contributed by atoms with Gasteiger partial charge in [0.05, 0.1) is 0 Å². The number of anilines is 1. The van der Waals surface area contributed by atoms with Crippen LogP contribution in [0.1, 0.15) is 18.4 Å². The molecule has 0 saturated carbocycles. The smallest absolute Gasteiger partial charge is 0.244 e. The van der Waals surface area contributed by atoms with E-state index in [4.69, 9.17) is 0 Å². The highest BCUT2D eigenvalue weighted by atomic mass is 16.1. The van der Waals surface area contributed by atoms with Gasteiger partial charge < -0.3 is 10.2 Å². The van der Waals surface area contributed by atoms with Crippen LogP contribution >= 0.6 is 0 Å². The van der Waals surface area contributed by atoms with Crippen LogP contribution in [0.5, 0.6) is 0 Å². The second-order valence-electron chi connectivity index (χ2n) is 5.97. The minimum atomic E-state index is -0.0346. The Morgan fingerprint density at radius 2 is 1.83 bits per heavy atom. The van der Waals surface area contributed by atoms with Crippen LogP contribution in [0.4, 0.5) is 5.95 Å². The van der Waals surface area contributed by atoms with E-state index in [1.54, 1.807) is 18.5 Å². The molecule has 1 N–H and O–H groups in total. The molecule has 2 aromatic rings. The number of rotatable bonds is 5. The molecule has 1 aromatic heterocycles. The average molecular weight is 322 g/mol. The van der Waals surface area contributed by atoms with Crippen molar-refractivity contribution < 1.29 is 4.79 Å². The molecule has 1 aromatic carbocycles. The molecule has 24 heavy (non-hydrogen) atoms. The number of hydrogen-bond acceptors (Lipinski definition) is 4. The van der Waals surface area contributed by atoms with Crippen molar-refractivity contribution in [2.24, 2.45) is 5.92 Å². The van der Waals surface area contributed by atoms with Crippen molar-refractivity contribution in [2.45, 2.75) is 12.8 Å². The van der Waals surface area contributed by atoms with E-state index in [9.17, 15) is 4.79 Å². The Morgan fingerprint density at radius 3 is 2.54 bits per heavy atom. The van der Waals surface area contributed by atoms with Gasteiger partial charge in [-0.1, -0.05) is 30.3 Å². The lowest BCUT2D eigenvalue weighted by atomic mass is 9.97. The van der Waals surface area contributed by atoms with Gasteiger partial charge in [-0.05, 0) is 36.5 Å². The fourth-order valence-corrected chi connectivity index (χ4v) is 2.83. The summed E-state index contributed by atoms with van der Waals surface area (Å²) in [6.45, 7) is 2.59. The van der Waals surface area contributed by atoms with E-state index >= 15 is 0 Å². The van der Waals surface area contributed by atoms with Crippen molar-refractivity contribution >= 4 is 17.9 Å². The summed E-state index contributed by atoms with van der Waals surface area (Å²) < 4.78 is 0. The van der Waals surface area contributed by atoms with E-state index in [1.165, 1.54) is 0 Å². The lowest BCUT2D eigenvalue weighted by Crippen LogP contribution is -2.39. The van der Waals surface area contributed by atoms with Crippen LogP contribution in [0, 0.1) is 5.92 Å². The standard InChI is InChI=1S/C19H22N4O/c24-18(8-7-16-5-2-1-3-6-16)22-15-17-9-13-23(14-10-17)19-20-11-4-12-21-19/h1-8,11-12,17H,9-10,13-15H2,(H,22,24). The number of nitrogens with zero attached hydrogens (tertiary/aromatic N) is 3. The molecule has 1 aliphatic heterocycles. The molecule has 0 unspecified atom stereocenters. The molecular formula is C19H22N4O. The number of carbonyl (C=O) groups is 1. The maximum absolute atomic E-state index is 11.9. The van der Waals surface area contributed by atoms with Gasteiger partial charge in [-0.3, -0.25) is 4.79 Å². The van der Waals surface area contributed by atoms with Crippen molar-refractivity contribution in [3.63, 3.8) is 0 Å². The first-order valence-corrected chi connectivity index (χ1v) is 8.34. The zero-order chi connectivity index (χ0) is 16.6. The monoisotopic (exact) mass is 322 g/mol. The molecule has 0 aliphatic carbocycles. The Balaban J connectivity index is 1.40. The fraction of sp³-hybridized carbons (Fsp3) is 0.316. The third-order valence-corrected chi connectivity index (χ3v) is 4.24. The fourth-order valence-electron chi connectivity index (χ4n) is 2.83. The zero-order valence-electron chi connectivity index (χ0n) is 13.6. The van der Waals surface area contributed by atoms with Crippen molar-refractivity contribution in [2.75, 3.05) is 24.5 Å². The molecule has 0 atom stereocenters. The number of hydrogen-bond donors (Lipinski definition) is 1. The van der Waals surface area contributed by atoms with Gasteiger partial charge in [-0.25, -0.2) is 9.97 Å². The molecule has 1 amide bonds. The molecule has 0 radical (unpaired) electrons. The third-order valence-electron chi connectivity index (χ3n) is 4.24. The predicted octanol–water partition coefficient (Wildman–Crippen LogP) is 2.52. The molecule has 0 spiro atoms. The number of piperidine rings is 1. The lowest BCUT2D eigenvalue weighted by molar-refractivity contribution is -0.116. The lowest BCUT2D eigenvalue weighted by Gasteiger charge is -2.31. The molecule has 124 valence electrons. The Bertz CT molecular complexity index is 664. The molecule has 2 heterocycles. The Morgan fingerprint density at radius 1 is 1.12 bits per heavy atom. The van der Waals surface area contributed by atoms with Gasteiger partial charge in [0, 0.05) is 38.1 Å². The Kier molecular flexibility index (Phi) is 5.56.